The van der Waals surface area contributed by atoms with E-state index in [2.05, 4.69) is 0 Å². The van der Waals surface area contributed by atoms with Crippen molar-refractivity contribution in [2.24, 2.45) is 0 Å². The third kappa shape index (κ3) is 7.69. The van der Waals surface area contributed by atoms with Gasteiger partial charge >= 0.3 is 5.97 Å². The summed E-state index contributed by atoms with van der Waals surface area (Å²) in [4.78, 5) is 10.8. The number of carbonyl (C=O) groups excluding carboxylic acids is 1. The fourth-order valence-corrected chi connectivity index (χ4v) is 0.599. The molecular weight excluding hydrogens is 187 g/mol. The monoisotopic (exact) mass is 196 g/mol. The number of carbonyl (C=O) groups is 1. The predicted molar refractivity (Wildman–Crippen MR) is 45.6 cm³/mol. The molecule has 4 heteroatoms. The first-order valence-electron chi connectivity index (χ1n) is 3.07. The maximum Gasteiger partial charge on any atom is 0.333 e. The van der Waals surface area contributed by atoms with Crippen LogP contribution >= 0.6 is 23.2 Å². The Kier molecular flexibility index (Phi) is 3.90. The van der Waals surface area contributed by atoms with Crippen molar-refractivity contribution in [3.63, 3.8) is 0 Å². The predicted octanol–water partition coefficient (Wildman–Crippen LogP) is 2.65. The van der Waals surface area contributed by atoms with Gasteiger partial charge < -0.3 is 4.74 Å². The molecule has 0 N–H and O–H groups in total. The van der Waals surface area contributed by atoms with E-state index in [0.717, 1.165) is 6.08 Å². The van der Waals surface area contributed by atoms with Crippen LogP contribution in [0.25, 0.3) is 0 Å². The van der Waals surface area contributed by atoms with Gasteiger partial charge in [0.2, 0.25) is 0 Å². The standard InChI is InChI=1S/C7H10Cl2O2/c1-7(2,3)11-6(10)4-5(8)9/h4H,1-3H3. The third-order valence-electron chi connectivity index (χ3n) is 0.634. The van der Waals surface area contributed by atoms with Crippen LogP contribution in [0.15, 0.2) is 10.6 Å². The zero-order valence-corrected chi connectivity index (χ0v) is 8.16. The molecule has 0 aromatic rings. The number of hydrogen-bond acceptors (Lipinski definition) is 2. The maximum absolute atomic E-state index is 10.8. The second-order valence-corrected chi connectivity index (χ2v) is 3.98. The summed E-state index contributed by atoms with van der Waals surface area (Å²) in [7, 11) is 0. The Balaban J connectivity index is 4.00. The van der Waals surface area contributed by atoms with Crippen LogP contribution in [0, 0.1) is 0 Å². The number of halogens is 2. The summed E-state index contributed by atoms with van der Waals surface area (Å²) in [5.41, 5.74) is -0.503. The summed E-state index contributed by atoms with van der Waals surface area (Å²) in [5.74, 6) is -0.530. The molecule has 0 unspecified atom stereocenters. The molecule has 0 atom stereocenters. The molecule has 64 valence electrons. The van der Waals surface area contributed by atoms with Crippen molar-refractivity contribution in [2.45, 2.75) is 26.4 Å². The molecule has 0 radical (unpaired) electrons. The van der Waals surface area contributed by atoms with Gasteiger partial charge in [-0.05, 0) is 20.8 Å². The van der Waals surface area contributed by atoms with E-state index in [-0.39, 0.29) is 4.49 Å². The molecule has 0 bridgehead atoms. The third-order valence-corrected chi connectivity index (χ3v) is 0.852. The molecule has 0 aliphatic heterocycles. The van der Waals surface area contributed by atoms with E-state index >= 15 is 0 Å². The van der Waals surface area contributed by atoms with Gasteiger partial charge in [-0.25, -0.2) is 4.79 Å². The highest BCUT2D eigenvalue weighted by atomic mass is 35.5. The smallest absolute Gasteiger partial charge is 0.333 e. The number of esters is 1. The summed E-state index contributed by atoms with van der Waals surface area (Å²) >= 11 is 10.5. The van der Waals surface area contributed by atoms with Gasteiger partial charge in [0.05, 0.1) is 6.08 Å². The molecule has 0 amide bonds. The average molecular weight is 197 g/mol. The molecule has 0 saturated carbocycles. The van der Waals surface area contributed by atoms with E-state index in [1.165, 1.54) is 0 Å². The number of rotatable bonds is 1. The lowest BCUT2D eigenvalue weighted by Crippen LogP contribution is -2.22. The molecule has 0 aromatic carbocycles. The first-order chi connectivity index (χ1) is 4.81. The summed E-state index contributed by atoms with van der Waals surface area (Å²) in [6.07, 6.45) is 1.02. The molecule has 2 nitrogen and oxygen atoms in total. The van der Waals surface area contributed by atoms with E-state index in [9.17, 15) is 4.79 Å². The molecule has 0 spiro atoms. The van der Waals surface area contributed by atoms with Crippen molar-refractivity contribution in [2.75, 3.05) is 0 Å². The highest BCUT2D eigenvalue weighted by Gasteiger charge is 2.14. The van der Waals surface area contributed by atoms with Crippen molar-refractivity contribution in [1.82, 2.24) is 0 Å². The Morgan fingerprint density at radius 3 is 2.09 bits per heavy atom. The molecule has 0 rings (SSSR count). The minimum Gasteiger partial charge on any atom is -0.457 e. The zero-order chi connectivity index (χ0) is 9.07. The van der Waals surface area contributed by atoms with Crippen molar-refractivity contribution in [1.29, 1.82) is 0 Å². The van der Waals surface area contributed by atoms with Gasteiger partial charge in [-0.2, -0.15) is 0 Å². The SMILES string of the molecule is CC(C)(C)OC(=O)C=C(Cl)Cl. The van der Waals surface area contributed by atoms with Crippen LogP contribution in [0.4, 0.5) is 0 Å². The minimum atomic E-state index is -0.530. The summed E-state index contributed by atoms with van der Waals surface area (Å²) in [6.45, 7) is 5.29. The second-order valence-electron chi connectivity index (χ2n) is 2.97. The fraction of sp³-hybridized carbons (Fsp3) is 0.571. The molecule has 0 saturated heterocycles. The van der Waals surface area contributed by atoms with Crippen molar-refractivity contribution in [3.05, 3.63) is 10.6 Å². The highest BCUT2D eigenvalue weighted by molar-refractivity contribution is 6.56. The summed E-state index contributed by atoms with van der Waals surface area (Å²) < 4.78 is 4.77. The summed E-state index contributed by atoms with van der Waals surface area (Å²) in [5, 5.41) is 0. The van der Waals surface area contributed by atoms with Crippen molar-refractivity contribution in [3.8, 4) is 0 Å². The largest absolute Gasteiger partial charge is 0.457 e. The molecule has 11 heavy (non-hydrogen) atoms. The molecule has 0 aliphatic rings. The number of ether oxygens (including phenoxy) is 1. The van der Waals surface area contributed by atoms with E-state index in [1.54, 1.807) is 20.8 Å². The van der Waals surface area contributed by atoms with Gasteiger partial charge in [-0.3, -0.25) is 0 Å². The Bertz CT molecular complexity index is 175. The van der Waals surface area contributed by atoms with E-state index in [0.29, 0.717) is 0 Å². The van der Waals surface area contributed by atoms with Crippen LogP contribution in [0.3, 0.4) is 0 Å². The van der Waals surface area contributed by atoms with Crippen LogP contribution in [-0.2, 0) is 9.53 Å². The molecule has 0 heterocycles. The minimum absolute atomic E-state index is 0.0979. The Morgan fingerprint density at radius 2 is 1.82 bits per heavy atom. The van der Waals surface area contributed by atoms with Crippen LogP contribution in [0.1, 0.15) is 20.8 Å². The average Bonchev–Trinajstić information content (AvgIpc) is 1.53. The molecule has 0 aromatic heterocycles. The molecule has 0 fully saturated rings. The van der Waals surface area contributed by atoms with Gasteiger partial charge in [0, 0.05) is 0 Å². The highest BCUT2D eigenvalue weighted by Crippen LogP contribution is 2.11. The van der Waals surface area contributed by atoms with E-state index < -0.39 is 11.6 Å². The van der Waals surface area contributed by atoms with Gasteiger partial charge in [0.1, 0.15) is 10.1 Å². The van der Waals surface area contributed by atoms with Crippen LogP contribution in [0.5, 0.6) is 0 Å². The zero-order valence-electron chi connectivity index (χ0n) is 6.65. The lowest BCUT2D eigenvalue weighted by Gasteiger charge is -2.17. The van der Waals surface area contributed by atoms with E-state index in [4.69, 9.17) is 27.9 Å². The van der Waals surface area contributed by atoms with Crippen molar-refractivity contribution < 1.29 is 9.53 Å². The Labute approximate surface area is 76.1 Å². The van der Waals surface area contributed by atoms with Crippen molar-refractivity contribution >= 4 is 29.2 Å². The van der Waals surface area contributed by atoms with Crippen LogP contribution in [-0.4, -0.2) is 11.6 Å². The van der Waals surface area contributed by atoms with Crippen LogP contribution < -0.4 is 0 Å². The van der Waals surface area contributed by atoms with Gasteiger partial charge in [-0.1, -0.05) is 23.2 Å². The lowest BCUT2D eigenvalue weighted by atomic mass is 10.2. The van der Waals surface area contributed by atoms with E-state index in [1.807, 2.05) is 0 Å². The van der Waals surface area contributed by atoms with Crippen LogP contribution in [0.2, 0.25) is 0 Å². The second kappa shape index (κ2) is 3.98. The number of hydrogen-bond donors (Lipinski definition) is 0. The quantitative estimate of drug-likeness (QED) is 0.477. The first kappa shape index (κ1) is 10.8. The Hall–Kier alpha value is -0.210. The molecule has 0 aliphatic carbocycles. The normalized spacial score (nSPS) is 10.6. The van der Waals surface area contributed by atoms with Gasteiger partial charge in [0.15, 0.2) is 0 Å². The Morgan fingerprint density at radius 1 is 1.36 bits per heavy atom. The topological polar surface area (TPSA) is 26.3 Å². The van der Waals surface area contributed by atoms with Gasteiger partial charge in [-0.15, -0.1) is 0 Å². The lowest BCUT2D eigenvalue weighted by molar-refractivity contribution is -0.148. The summed E-state index contributed by atoms with van der Waals surface area (Å²) in [6, 6.07) is 0. The first-order valence-corrected chi connectivity index (χ1v) is 3.82. The maximum atomic E-state index is 10.8. The molecular formula is C7H10Cl2O2. The fourth-order valence-electron chi connectivity index (χ4n) is 0.420. The van der Waals surface area contributed by atoms with Gasteiger partial charge in [0.25, 0.3) is 0 Å².